The second kappa shape index (κ2) is 8.02. The third kappa shape index (κ3) is 4.51. The van der Waals surface area contributed by atoms with Gasteiger partial charge in [-0.3, -0.25) is 13.9 Å². The summed E-state index contributed by atoms with van der Waals surface area (Å²) in [6.45, 7) is 1.55. The van der Waals surface area contributed by atoms with E-state index in [1.54, 1.807) is 42.5 Å². The highest BCUT2D eigenvalue weighted by Crippen LogP contribution is 2.38. The van der Waals surface area contributed by atoms with Gasteiger partial charge in [-0.1, -0.05) is 31.2 Å². The molecule has 1 aliphatic rings. The first-order valence-corrected chi connectivity index (χ1v) is 10.3. The number of hydrogen-bond donors (Lipinski definition) is 1. The first-order valence-electron chi connectivity index (χ1n) is 8.89. The summed E-state index contributed by atoms with van der Waals surface area (Å²) in [5.74, 6) is -0.704. The predicted octanol–water partition coefficient (Wildman–Crippen LogP) is 2.65. The number of carbonyl (C=O) groups is 2. The maximum absolute atomic E-state index is 12.8. The molecule has 0 aliphatic heterocycles. The Labute approximate surface area is 164 Å². The molecule has 0 heterocycles. The van der Waals surface area contributed by atoms with Gasteiger partial charge in [-0.25, -0.2) is 8.42 Å². The Hall–Kier alpha value is -2.87. The Morgan fingerprint density at radius 2 is 1.82 bits per heavy atom. The molecule has 1 amide bonds. The van der Waals surface area contributed by atoms with Gasteiger partial charge in [-0.05, 0) is 42.7 Å². The minimum absolute atomic E-state index is 0.0421. The van der Waals surface area contributed by atoms with E-state index in [0.29, 0.717) is 17.3 Å². The van der Waals surface area contributed by atoms with Crippen LogP contribution in [0.1, 0.15) is 13.3 Å². The van der Waals surface area contributed by atoms with Gasteiger partial charge in [-0.2, -0.15) is 0 Å². The van der Waals surface area contributed by atoms with Gasteiger partial charge in [0, 0.05) is 12.7 Å². The van der Waals surface area contributed by atoms with Crippen molar-refractivity contribution in [2.75, 3.05) is 23.3 Å². The number of anilines is 2. The largest absolute Gasteiger partial charge is 0.455 e. The molecule has 28 heavy (non-hydrogen) atoms. The van der Waals surface area contributed by atoms with E-state index < -0.39 is 22.5 Å². The average Bonchev–Trinajstić information content (AvgIpc) is 3.43. The zero-order chi connectivity index (χ0) is 20.3. The van der Waals surface area contributed by atoms with Crippen LogP contribution in [0.3, 0.4) is 0 Å². The first kappa shape index (κ1) is 19.9. The molecule has 1 N–H and O–H groups in total. The van der Waals surface area contributed by atoms with E-state index in [1.165, 1.54) is 23.5 Å². The fourth-order valence-electron chi connectivity index (χ4n) is 2.76. The number of hydrogen-bond acceptors (Lipinski definition) is 5. The zero-order valence-electron chi connectivity index (χ0n) is 15.7. The van der Waals surface area contributed by atoms with Crippen LogP contribution >= 0.6 is 0 Å². The minimum atomic E-state index is -3.79. The molecule has 3 rings (SSSR count). The van der Waals surface area contributed by atoms with Crippen molar-refractivity contribution < 1.29 is 22.7 Å². The lowest BCUT2D eigenvalue weighted by Crippen LogP contribution is -2.26. The van der Waals surface area contributed by atoms with Gasteiger partial charge in [0.05, 0.1) is 16.5 Å². The number of esters is 1. The number of nitrogens with one attached hydrogen (secondary N) is 1. The van der Waals surface area contributed by atoms with E-state index in [2.05, 4.69) is 5.32 Å². The lowest BCUT2D eigenvalue weighted by Gasteiger charge is -2.19. The van der Waals surface area contributed by atoms with Crippen molar-refractivity contribution in [2.45, 2.75) is 18.2 Å². The molecule has 7 nitrogen and oxygen atoms in total. The molecule has 0 unspecified atom stereocenters. The predicted molar refractivity (Wildman–Crippen MR) is 105 cm³/mol. The van der Waals surface area contributed by atoms with Crippen molar-refractivity contribution in [3.63, 3.8) is 0 Å². The monoisotopic (exact) mass is 402 g/mol. The number of carbonyl (C=O) groups excluding carboxylic acids is 2. The Balaban J connectivity index is 1.66. The summed E-state index contributed by atoms with van der Waals surface area (Å²) in [4.78, 5) is 23.7. The van der Waals surface area contributed by atoms with Crippen LogP contribution in [0.2, 0.25) is 0 Å². The number of rotatable bonds is 7. The standard InChI is InChI=1S/C20H22N2O5S/c1-14-11-18(14)20(24)27-13-19(23)21-15-7-6-10-17(12-15)28(25,26)22(2)16-8-4-3-5-9-16/h3-10,12,14,18H,11,13H2,1-2H3,(H,21,23)/t14-,18-/m1/s1. The third-order valence-corrected chi connectivity index (χ3v) is 6.44. The lowest BCUT2D eigenvalue weighted by atomic mass is 10.3. The van der Waals surface area contributed by atoms with Crippen LogP contribution in [0.4, 0.5) is 11.4 Å². The van der Waals surface area contributed by atoms with Crippen LogP contribution in [-0.2, 0) is 24.3 Å². The average molecular weight is 402 g/mol. The minimum Gasteiger partial charge on any atom is -0.455 e. The summed E-state index contributed by atoms with van der Waals surface area (Å²) in [6, 6.07) is 14.6. The second-order valence-corrected chi connectivity index (χ2v) is 8.78. The molecule has 2 atom stereocenters. The Morgan fingerprint density at radius 1 is 1.14 bits per heavy atom. The molecule has 0 bridgehead atoms. The van der Waals surface area contributed by atoms with E-state index in [-0.39, 0.29) is 16.8 Å². The van der Waals surface area contributed by atoms with Crippen molar-refractivity contribution in [2.24, 2.45) is 11.8 Å². The number of sulfonamides is 1. The van der Waals surface area contributed by atoms with Gasteiger partial charge in [0.1, 0.15) is 0 Å². The molecule has 1 saturated carbocycles. The van der Waals surface area contributed by atoms with Crippen molar-refractivity contribution in [3.8, 4) is 0 Å². The van der Waals surface area contributed by atoms with E-state index >= 15 is 0 Å². The molecule has 1 aliphatic carbocycles. The van der Waals surface area contributed by atoms with Gasteiger partial charge in [-0.15, -0.1) is 0 Å². The van der Waals surface area contributed by atoms with Crippen LogP contribution in [-0.4, -0.2) is 33.9 Å². The fraction of sp³-hybridized carbons (Fsp3) is 0.300. The molecule has 1 fully saturated rings. The molecule has 2 aromatic rings. The fourth-order valence-corrected chi connectivity index (χ4v) is 4.00. The van der Waals surface area contributed by atoms with Crippen molar-refractivity contribution in [3.05, 3.63) is 54.6 Å². The maximum Gasteiger partial charge on any atom is 0.309 e. The highest BCUT2D eigenvalue weighted by molar-refractivity contribution is 7.92. The van der Waals surface area contributed by atoms with Gasteiger partial charge >= 0.3 is 5.97 Å². The molecule has 2 aromatic carbocycles. The van der Waals surface area contributed by atoms with Crippen molar-refractivity contribution >= 4 is 33.3 Å². The number of para-hydroxylation sites is 1. The van der Waals surface area contributed by atoms with Crippen molar-refractivity contribution in [1.29, 1.82) is 0 Å². The highest BCUT2D eigenvalue weighted by Gasteiger charge is 2.40. The smallest absolute Gasteiger partial charge is 0.309 e. The van der Waals surface area contributed by atoms with Gasteiger partial charge in [0.25, 0.3) is 15.9 Å². The molecule has 0 spiro atoms. The summed E-state index contributed by atoms with van der Waals surface area (Å²) in [5.41, 5.74) is 0.835. The van der Waals surface area contributed by atoms with Crippen LogP contribution in [0.5, 0.6) is 0 Å². The topological polar surface area (TPSA) is 92.8 Å². The molecule has 0 aromatic heterocycles. The summed E-state index contributed by atoms with van der Waals surface area (Å²) < 4.78 is 31.8. The normalized spacial score (nSPS) is 18.2. The van der Waals surface area contributed by atoms with Crippen LogP contribution in [0.25, 0.3) is 0 Å². The zero-order valence-corrected chi connectivity index (χ0v) is 16.5. The van der Waals surface area contributed by atoms with Gasteiger partial charge in [0.15, 0.2) is 6.61 Å². The van der Waals surface area contributed by atoms with Crippen LogP contribution in [0.15, 0.2) is 59.5 Å². The summed E-state index contributed by atoms with van der Waals surface area (Å²) in [5, 5.41) is 2.56. The van der Waals surface area contributed by atoms with E-state index in [1.807, 2.05) is 6.92 Å². The quantitative estimate of drug-likeness (QED) is 0.719. The van der Waals surface area contributed by atoms with Crippen LogP contribution < -0.4 is 9.62 Å². The first-order chi connectivity index (χ1) is 13.3. The van der Waals surface area contributed by atoms with E-state index in [4.69, 9.17) is 4.74 Å². The molecule has 0 radical (unpaired) electrons. The summed E-state index contributed by atoms with van der Waals surface area (Å²) in [7, 11) is -2.32. The van der Waals surface area contributed by atoms with Gasteiger partial charge < -0.3 is 10.1 Å². The Morgan fingerprint density at radius 3 is 2.46 bits per heavy atom. The number of ether oxygens (including phenoxy) is 1. The summed E-state index contributed by atoms with van der Waals surface area (Å²) in [6.07, 6.45) is 0.787. The summed E-state index contributed by atoms with van der Waals surface area (Å²) >= 11 is 0. The SMILES string of the molecule is C[C@@H]1C[C@H]1C(=O)OCC(=O)Nc1cccc(S(=O)(=O)N(C)c2ccccc2)c1. The maximum atomic E-state index is 12.8. The molecular weight excluding hydrogens is 380 g/mol. The third-order valence-electron chi connectivity index (χ3n) is 4.65. The lowest BCUT2D eigenvalue weighted by molar-refractivity contribution is -0.148. The number of nitrogens with zero attached hydrogens (tertiary/aromatic N) is 1. The highest BCUT2D eigenvalue weighted by atomic mass is 32.2. The Kier molecular flexibility index (Phi) is 5.69. The molecule has 8 heteroatoms. The number of benzene rings is 2. The molecular formula is C20H22N2O5S. The molecule has 148 valence electrons. The van der Waals surface area contributed by atoms with Crippen LogP contribution in [0, 0.1) is 11.8 Å². The van der Waals surface area contributed by atoms with E-state index in [0.717, 1.165) is 6.42 Å². The molecule has 0 saturated heterocycles. The van der Waals surface area contributed by atoms with Crippen molar-refractivity contribution in [1.82, 2.24) is 0 Å². The van der Waals surface area contributed by atoms with E-state index in [9.17, 15) is 18.0 Å². The Bertz CT molecular complexity index is 975. The number of amides is 1. The second-order valence-electron chi connectivity index (χ2n) is 6.81. The van der Waals surface area contributed by atoms with Gasteiger partial charge in [0.2, 0.25) is 0 Å².